The van der Waals surface area contributed by atoms with Gasteiger partial charge in [0.05, 0.1) is 18.8 Å². The van der Waals surface area contributed by atoms with Gasteiger partial charge in [-0.2, -0.15) is 0 Å². The number of hydrogen-bond acceptors (Lipinski definition) is 3. The van der Waals surface area contributed by atoms with Crippen molar-refractivity contribution in [2.24, 2.45) is 5.11 Å². The van der Waals surface area contributed by atoms with Gasteiger partial charge < -0.3 is 10.2 Å². The van der Waals surface area contributed by atoms with Crippen molar-refractivity contribution < 1.29 is 10.2 Å². The summed E-state index contributed by atoms with van der Waals surface area (Å²) in [6.45, 7) is 1.91. The lowest BCUT2D eigenvalue weighted by Gasteiger charge is -2.11. The van der Waals surface area contributed by atoms with Gasteiger partial charge >= 0.3 is 0 Å². The summed E-state index contributed by atoms with van der Waals surface area (Å²) in [5.74, 6) is 0. The standard InChI is InChI=1S/C18H35N3O2/c1-2-3-4-5-6-7-8-9-10-11-12-13-14-15-18(23)17(16-22)20-21-19/h14-15,17-18,22-23H,2-13,16H2,1H3/b15-14+/t17-,18+/m0/s1. The van der Waals surface area contributed by atoms with E-state index in [1.54, 1.807) is 6.08 Å². The van der Waals surface area contributed by atoms with Gasteiger partial charge in [-0.15, -0.1) is 0 Å². The average Bonchev–Trinajstić information content (AvgIpc) is 2.56. The Morgan fingerprint density at radius 2 is 1.48 bits per heavy atom. The summed E-state index contributed by atoms with van der Waals surface area (Å²) in [6, 6.07) is -0.784. The molecule has 0 aliphatic carbocycles. The first-order valence-electron chi connectivity index (χ1n) is 9.26. The van der Waals surface area contributed by atoms with Gasteiger partial charge in [0.15, 0.2) is 0 Å². The summed E-state index contributed by atoms with van der Waals surface area (Å²) in [7, 11) is 0. The number of azide groups is 1. The molecule has 0 bridgehead atoms. The normalized spacial score (nSPS) is 13.9. The topological polar surface area (TPSA) is 89.2 Å². The maximum absolute atomic E-state index is 9.71. The third kappa shape index (κ3) is 14.3. The maximum Gasteiger partial charge on any atom is 0.0900 e. The van der Waals surface area contributed by atoms with Crippen LogP contribution in [0.3, 0.4) is 0 Å². The van der Waals surface area contributed by atoms with E-state index >= 15 is 0 Å². The minimum atomic E-state index is -0.899. The Hall–Kier alpha value is -1.03. The predicted octanol–water partition coefficient (Wildman–Crippen LogP) is 5.28. The second-order valence-corrected chi connectivity index (χ2v) is 6.20. The van der Waals surface area contributed by atoms with Gasteiger partial charge in [-0.05, 0) is 18.4 Å². The third-order valence-corrected chi connectivity index (χ3v) is 4.09. The largest absolute Gasteiger partial charge is 0.396 e. The van der Waals surface area contributed by atoms with Crippen LogP contribution in [0.25, 0.3) is 10.4 Å². The fourth-order valence-corrected chi connectivity index (χ4v) is 2.57. The highest BCUT2D eigenvalue weighted by atomic mass is 16.3. The second kappa shape index (κ2) is 17.3. The van der Waals surface area contributed by atoms with E-state index in [1.807, 2.05) is 6.08 Å². The zero-order chi connectivity index (χ0) is 17.2. The summed E-state index contributed by atoms with van der Waals surface area (Å²) < 4.78 is 0. The summed E-state index contributed by atoms with van der Waals surface area (Å²) >= 11 is 0. The van der Waals surface area contributed by atoms with Crippen molar-refractivity contribution in [3.8, 4) is 0 Å². The van der Waals surface area contributed by atoms with E-state index in [0.29, 0.717) is 0 Å². The zero-order valence-electron chi connectivity index (χ0n) is 14.7. The number of hydrogen-bond donors (Lipinski definition) is 2. The van der Waals surface area contributed by atoms with Crippen LogP contribution in [0.1, 0.15) is 84.0 Å². The van der Waals surface area contributed by atoms with Gasteiger partial charge in [-0.1, -0.05) is 88.4 Å². The SMILES string of the molecule is CCCCCCCCCCCCC/C=C/[C@@H](O)[C@H](CO)N=[N+]=[N-]. The number of allylic oxidation sites excluding steroid dienone is 1. The first kappa shape index (κ1) is 22.0. The van der Waals surface area contributed by atoms with Crippen molar-refractivity contribution in [1.82, 2.24) is 0 Å². The highest BCUT2D eigenvalue weighted by Crippen LogP contribution is 2.12. The summed E-state index contributed by atoms with van der Waals surface area (Å²) in [5, 5.41) is 22.0. The molecule has 0 aliphatic heterocycles. The molecule has 0 radical (unpaired) electrons. The maximum atomic E-state index is 9.71. The molecule has 0 saturated heterocycles. The van der Waals surface area contributed by atoms with E-state index in [0.717, 1.165) is 12.8 Å². The van der Waals surface area contributed by atoms with Gasteiger partial charge in [0.1, 0.15) is 0 Å². The summed E-state index contributed by atoms with van der Waals surface area (Å²) in [4.78, 5) is 2.61. The molecule has 5 nitrogen and oxygen atoms in total. The van der Waals surface area contributed by atoms with E-state index in [1.165, 1.54) is 64.2 Å². The van der Waals surface area contributed by atoms with Crippen molar-refractivity contribution >= 4 is 0 Å². The van der Waals surface area contributed by atoms with E-state index in [4.69, 9.17) is 10.6 Å². The molecule has 5 heteroatoms. The Morgan fingerprint density at radius 3 is 1.96 bits per heavy atom. The van der Waals surface area contributed by atoms with Crippen LogP contribution >= 0.6 is 0 Å². The van der Waals surface area contributed by atoms with E-state index in [9.17, 15) is 5.11 Å². The first-order chi connectivity index (χ1) is 11.3. The lowest BCUT2D eigenvalue weighted by atomic mass is 10.0. The monoisotopic (exact) mass is 325 g/mol. The predicted molar refractivity (Wildman–Crippen MR) is 96.2 cm³/mol. The molecule has 0 amide bonds. The van der Waals surface area contributed by atoms with Crippen LogP contribution in [-0.4, -0.2) is 29.0 Å². The van der Waals surface area contributed by atoms with E-state index < -0.39 is 12.1 Å². The molecular weight excluding hydrogens is 290 g/mol. The van der Waals surface area contributed by atoms with Crippen molar-refractivity contribution in [2.75, 3.05) is 6.61 Å². The average molecular weight is 325 g/mol. The van der Waals surface area contributed by atoms with Crippen LogP contribution < -0.4 is 0 Å². The number of rotatable bonds is 16. The third-order valence-electron chi connectivity index (χ3n) is 4.09. The zero-order valence-corrected chi connectivity index (χ0v) is 14.7. The Balaban J connectivity index is 3.41. The van der Waals surface area contributed by atoms with Crippen LogP contribution in [0.4, 0.5) is 0 Å². The number of nitrogens with zero attached hydrogens (tertiary/aromatic N) is 3. The van der Waals surface area contributed by atoms with Gasteiger partial charge in [-0.3, -0.25) is 0 Å². The van der Waals surface area contributed by atoms with Crippen molar-refractivity contribution in [2.45, 2.75) is 96.1 Å². The van der Waals surface area contributed by atoms with Crippen LogP contribution in [0.2, 0.25) is 0 Å². The van der Waals surface area contributed by atoms with Crippen molar-refractivity contribution in [1.29, 1.82) is 0 Å². The molecule has 134 valence electrons. The highest BCUT2D eigenvalue weighted by Gasteiger charge is 2.12. The number of aliphatic hydroxyl groups is 2. The molecule has 0 aromatic rings. The van der Waals surface area contributed by atoms with E-state index in [2.05, 4.69) is 16.9 Å². The molecule has 0 aromatic heterocycles. The molecule has 0 rings (SSSR count). The smallest absolute Gasteiger partial charge is 0.0900 e. The molecule has 0 fully saturated rings. The molecule has 2 atom stereocenters. The molecule has 23 heavy (non-hydrogen) atoms. The summed E-state index contributed by atoms with van der Waals surface area (Å²) in [5.41, 5.74) is 8.31. The van der Waals surface area contributed by atoms with E-state index in [-0.39, 0.29) is 6.61 Å². The Kier molecular flexibility index (Phi) is 16.5. The van der Waals surface area contributed by atoms with Gasteiger partial charge in [0.2, 0.25) is 0 Å². The lowest BCUT2D eigenvalue weighted by Crippen LogP contribution is -2.25. The lowest BCUT2D eigenvalue weighted by molar-refractivity contribution is 0.144. The molecule has 2 N–H and O–H groups in total. The fraction of sp³-hybridized carbons (Fsp3) is 0.889. The molecule has 0 spiro atoms. The quantitative estimate of drug-likeness (QED) is 0.133. The molecule has 0 aromatic carbocycles. The Labute approximate surface area is 141 Å². The molecule has 0 heterocycles. The minimum Gasteiger partial charge on any atom is -0.396 e. The summed E-state index contributed by atoms with van der Waals surface area (Å²) in [6.07, 6.45) is 18.1. The van der Waals surface area contributed by atoms with Crippen LogP contribution in [0, 0.1) is 0 Å². The van der Waals surface area contributed by atoms with Gasteiger partial charge in [0.25, 0.3) is 0 Å². The molecule has 0 aliphatic rings. The Bertz CT molecular complexity index is 328. The van der Waals surface area contributed by atoms with Gasteiger partial charge in [-0.25, -0.2) is 0 Å². The first-order valence-corrected chi connectivity index (χ1v) is 9.26. The Morgan fingerprint density at radius 1 is 0.957 bits per heavy atom. The van der Waals surface area contributed by atoms with Crippen molar-refractivity contribution in [3.05, 3.63) is 22.6 Å². The number of aliphatic hydroxyl groups excluding tert-OH is 2. The highest BCUT2D eigenvalue weighted by molar-refractivity contribution is 4.95. The second-order valence-electron chi connectivity index (χ2n) is 6.20. The fourth-order valence-electron chi connectivity index (χ4n) is 2.57. The molecule has 0 unspecified atom stereocenters. The van der Waals surface area contributed by atoms with Crippen LogP contribution in [-0.2, 0) is 0 Å². The van der Waals surface area contributed by atoms with Crippen molar-refractivity contribution in [3.63, 3.8) is 0 Å². The van der Waals surface area contributed by atoms with Crippen LogP contribution in [0.15, 0.2) is 17.3 Å². The minimum absolute atomic E-state index is 0.339. The van der Waals surface area contributed by atoms with Gasteiger partial charge in [0, 0.05) is 4.91 Å². The number of unbranched alkanes of at least 4 members (excludes halogenated alkanes) is 11. The van der Waals surface area contributed by atoms with Crippen LogP contribution in [0.5, 0.6) is 0 Å². The molecular formula is C18H35N3O2. The molecule has 0 saturated carbocycles.